The van der Waals surface area contributed by atoms with Gasteiger partial charge < -0.3 is 14.6 Å². The fourth-order valence-electron chi connectivity index (χ4n) is 2.20. The fraction of sp³-hybridized carbons (Fsp3) is 0.400. The van der Waals surface area contributed by atoms with Crippen molar-refractivity contribution in [2.75, 3.05) is 13.2 Å². The number of unbranched alkanes of at least 4 members (excludes halogenated alkanes) is 1. The number of hydrogen-bond donors (Lipinski definition) is 1. The van der Waals surface area contributed by atoms with Gasteiger partial charge in [-0.1, -0.05) is 43.2 Å². The van der Waals surface area contributed by atoms with Gasteiger partial charge in [0.15, 0.2) is 0 Å². The van der Waals surface area contributed by atoms with Crippen LogP contribution in [0.15, 0.2) is 48.5 Å². The van der Waals surface area contributed by atoms with E-state index in [9.17, 15) is 5.11 Å². The number of rotatable bonds is 9. The molecule has 1 unspecified atom stereocenters. The molecule has 0 heterocycles. The SMILES string of the molecule is CCCCc1ccc(OCC(O)COc2ccc(C)cc2)cc1.[Ac]. The molecule has 0 aromatic heterocycles. The first kappa shape index (κ1) is 21.5. The summed E-state index contributed by atoms with van der Waals surface area (Å²) < 4.78 is 11.1. The smallest absolute Gasteiger partial charge is 0.122 e. The second-order valence-corrected chi connectivity index (χ2v) is 5.84. The van der Waals surface area contributed by atoms with Crippen LogP contribution in [0.25, 0.3) is 0 Å². The van der Waals surface area contributed by atoms with E-state index in [1.807, 2.05) is 43.3 Å². The van der Waals surface area contributed by atoms with Crippen LogP contribution in [-0.2, 0) is 6.42 Å². The van der Waals surface area contributed by atoms with E-state index in [0.717, 1.165) is 17.9 Å². The molecule has 0 amide bonds. The van der Waals surface area contributed by atoms with Gasteiger partial charge in [0, 0.05) is 44.1 Å². The predicted octanol–water partition coefficient (Wildman–Crippen LogP) is 4.16. The summed E-state index contributed by atoms with van der Waals surface area (Å²) in [4.78, 5) is 0. The summed E-state index contributed by atoms with van der Waals surface area (Å²) >= 11 is 0. The summed E-state index contributed by atoms with van der Waals surface area (Å²) in [5.41, 5.74) is 2.51. The van der Waals surface area contributed by atoms with Crippen molar-refractivity contribution in [3.05, 3.63) is 59.7 Å². The molecule has 1 N–H and O–H groups in total. The Morgan fingerprint density at radius 1 is 0.875 bits per heavy atom. The van der Waals surface area contributed by atoms with Crippen LogP contribution in [0.3, 0.4) is 0 Å². The third-order valence-electron chi connectivity index (χ3n) is 3.65. The van der Waals surface area contributed by atoms with Crippen molar-refractivity contribution in [1.29, 1.82) is 0 Å². The van der Waals surface area contributed by atoms with Gasteiger partial charge in [-0.3, -0.25) is 0 Å². The van der Waals surface area contributed by atoms with Crippen molar-refractivity contribution in [3.8, 4) is 11.5 Å². The Bertz CT molecular complexity index is 566. The molecule has 24 heavy (non-hydrogen) atoms. The van der Waals surface area contributed by atoms with E-state index in [1.54, 1.807) is 0 Å². The van der Waals surface area contributed by atoms with E-state index < -0.39 is 6.10 Å². The van der Waals surface area contributed by atoms with Crippen molar-refractivity contribution < 1.29 is 58.6 Å². The maximum absolute atomic E-state index is 9.95. The summed E-state index contributed by atoms with van der Waals surface area (Å²) in [5, 5.41) is 9.95. The van der Waals surface area contributed by atoms with E-state index in [0.29, 0.717) is 0 Å². The van der Waals surface area contributed by atoms with Gasteiger partial charge in [0.2, 0.25) is 0 Å². The molecule has 0 aliphatic rings. The quantitative estimate of drug-likeness (QED) is 0.519. The van der Waals surface area contributed by atoms with E-state index in [-0.39, 0.29) is 57.3 Å². The third kappa shape index (κ3) is 8.01. The molecular formula is C20H26AcO3. The second kappa shape index (κ2) is 11.9. The minimum atomic E-state index is -0.656. The van der Waals surface area contributed by atoms with Crippen LogP contribution < -0.4 is 9.47 Å². The minimum Gasteiger partial charge on any atom is -0.491 e. The average Bonchev–Trinajstić information content (AvgIpc) is 2.58. The largest absolute Gasteiger partial charge is 0.491 e. The van der Waals surface area contributed by atoms with Gasteiger partial charge in [-0.2, -0.15) is 0 Å². The zero-order chi connectivity index (χ0) is 16.5. The maximum Gasteiger partial charge on any atom is 0.122 e. The summed E-state index contributed by atoms with van der Waals surface area (Å²) in [7, 11) is 0. The summed E-state index contributed by atoms with van der Waals surface area (Å²) in [6.45, 7) is 4.66. The van der Waals surface area contributed by atoms with E-state index >= 15 is 0 Å². The van der Waals surface area contributed by atoms with Crippen molar-refractivity contribution in [2.45, 2.75) is 39.2 Å². The van der Waals surface area contributed by atoms with Crippen LogP contribution in [0.2, 0.25) is 0 Å². The van der Waals surface area contributed by atoms with Crippen LogP contribution >= 0.6 is 0 Å². The monoisotopic (exact) mass is 541 g/mol. The van der Waals surface area contributed by atoms with Crippen LogP contribution in [0.4, 0.5) is 0 Å². The normalized spacial score (nSPS) is 11.5. The van der Waals surface area contributed by atoms with Gasteiger partial charge in [-0.25, -0.2) is 0 Å². The Labute approximate surface area is 180 Å². The topological polar surface area (TPSA) is 38.7 Å². The van der Waals surface area contributed by atoms with Crippen LogP contribution in [0.5, 0.6) is 11.5 Å². The molecule has 127 valence electrons. The van der Waals surface area contributed by atoms with Crippen LogP contribution in [-0.4, -0.2) is 24.4 Å². The molecule has 4 heteroatoms. The maximum atomic E-state index is 9.95. The summed E-state index contributed by atoms with van der Waals surface area (Å²) in [5.74, 6) is 1.54. The van der Waals surface area contributed by atoms with Gasteiger partial charge >= 0.3 is 0 Å². The van der Waals surface area contributed by atoms with Gasteiger partial charge in [0.25, 0.3) is 0 Å². The molecule has 2 aromatic carbocycles. The molecule has 1 radical (unpaired) electrons. The Morgan fingerprint density at radius 2 is 1.38 bits per heavy atom. The number of aryl methyl sites for hydroxylation is 2. The molecule has 1 atom stereocenters. The molecule has 0 spiro atoms. The molecule has 0 fully saturated rings. The fourth-order valence-corrected chi connectivity index (χ4v) is 2.20. The zero-order valence-electron chi connectivity index (χ0n) is 14.6. The number of aliphatic hydroxyl groups is 1. The van der Waals surface area contributed by atoms with Gasteiger partial charge in [-0.15, -0.1) is 0 Å². The Kier molecular flexibility index (Phi) is 10.7. The first-order valence-corrected chi connectivity index (χ1v) is 8.26. The first-order chi connectivity index (χ1) is 11.2. The number of benzene rings is 2. The summed E-state index contributed by atoms with van der Waals surface area (Å²) in [6.07, 6.45) is 2.85. The molecule has 2 rings (SSSR count). The Hall–Kier alpha value is -0.558. The standard InChI is InChI=1S/C20H26O3.Ac/c1-3-4-5-17-8-12-20(13-9-17)23-15-18(21)14-22-19-10-6-16(2)7-11-19;/h6-13,18,21H,3-5,14-15H2,1-2H3;. The van der Waals surface area contributed by atoms with Crippen LogP contribution in [0.1, 0.15) is 30.9 Å². The van der Waals surface area contributed by atoms with E-state index in [1.165, 1.54) is 24.0 Å². The second-order valence-electron chi connectivity index (χ2n) is 5.84. The molecule has 0 saturated carbocycles. The van der Waals surface area contributed by atoms with E-state index in [4.69, 9.17) is 9.47 Å². The molecule has 0 aliphatic carbocycles. The zero-order valence-corrected chi connectivity index (χ0v) is 19.3. The predicted molar refractivity (Wildman–Crippen MR) is 93.2 cm³/mol. The van der Waals surface area contributed by atoms with Gasteiger partial charge in [0.1, 0.15) is 30.8 Å². The average molecular weight is 541 g/mol. The number of hydrogen-bond acceptors (Lipinski definition) is 3. The first-order valence-electron chi connectivity index (χ1n) is 8.26. The molecule has 3 nitrogen and oxygen atoms in total. The van der Waals surface area contributed by atoms with E-state index in [2.05, 4.69) is 19.1 Å². The number of aliphatic hydroxyl groups excluding tert-OH is 1. The van der Waals surface area contributed by atoms with Gasteiger partial charge in [0.05, 0.1) is 0 Å². The van der Waals surface area contributed by atoms with Crippen LogP contribution in [0, 0.1) is 51.0 Å². The molecule has 0 aliphatic heterocycles. The van der Waals surface area contributed by atoms with Crippen molar-refractivity contribution in [1.82, 2.24) is 0 Å². The molecular weight excluding hydrogens is 515 g/mol. The molecule has 0 saturated heterocycles. The molecule has 0 bridgehead atoms. The van der Waals surface area contributed by atoms with Crippen molar-refractivity contribution in [2.24, 2.45) is 0 Å². The third-order valence-corrected chi connectivity index (χ3v) is 3.65. The molecule has 2 aromatic rings. The Morgan fingerprint density at radius 3 is 1.88 bits per heavy atom. The summed E-state index contributed by atoms with van der Waals surface area (Å²) in [6, 6.07) is 15.9. The van der Waals surface area contributed by atoms with Gasteiger partial charge in [-0.05, 0) is 49.6 Å². The number of ether oxygens (including phenoxy) is 2. The Balaban J connectivity index is 0.00000288. The van der Waals surface area contributed by atoms with Crippen molar-refractivity contribution in [3.63, 3.8) is 0 Å². The minimum absolute atomic E-state index is 0. The van der Waals surface area contributed by atoms with Crippen molar-refractivity contribution >= 4 is 0 Å².